The van der Waals surface area contributed by atoms with Crippen LogP contribution in [0.4, 0.5) is 5.13 Å². The number of aromatic nitrogens is 2. The molecule has 0 atom stereocenters. The minimum absolute atomic E-state index is 0.00943. The molecule has 0 saturated carbocycles. The molecule has 0 radical (unpaired) electrons. The van der Waals surface area contributed by atoms with Crippen LogP contribution < -0.4 is 4.90 Å². The number of benzene rings is 1. The van der Waals surface area contributed by atoms with E-state index in [4.69, 9.17) is 14.2 Å². The molecule has 5 rings (SSSR count). The highest BCUT2D eigenvalue weighted by Crippen LogP contribution is 2.31. The summed E-state index contributed by atoms with van der Waals surface area (Å²) in [4.78, 5) is 23.0. The molecular formula is C25H26N4O3S2. The Bertz CT molecular complexity index is 1180. The van der Waals surface area contributed by atoms with Gasteiger partial charge in [0.1, 0.15) is 11.4 Å². The predicted molar refractivity (Wildman–Crippen MR) is 136 cm³/mol. The van der Waals surface area contributed by atoms with Gasteiger partial charge in [0.15, 0.2) is 10.9 Å². The molecule has 176 valence electrons. The molecule has 0 aliphatic carbocycles. The van der Waals surface area contributed by atoms with Gasteiger partial charge in [-0.05, 0) is 30.8 Å². The van der Waals surface area contributed by atoms with Crippen molar-refractivity contribution in [2.75, 3.05) is 44.3 Å². The molecule has 34 heavy (non-hydrogen) atoms. The van der Waals surface area contributed by atoms with Crippen LogP contribution in [-0.4, -0.2) is 60.3 Å². The van der Waals surface area contributed by atoms with Gasteiger partial charge in [-0.1, -0.05) is 41.6 Å². The van der Waals surface area contributed by atoms with Crippen LogP contribution in [-0.2, 0) is 4.74 Å². The van der Waals surface area contributed by atoms with Crippen molar-refractivity contribution in [2.45, 2.75) is 12.8 Å². The van der Waals surface area contributed by atoms with E-state index < -0.39 is 0 Å². The monoisotopic (exact) mass is 494 g/mol. The highest BCUT2D eigenvalue weighted by Gasteiger charge is 2.23. The van der Waals surface area contributed by atoms with E-state index in [0.29, 0.717) is 23.1 Å². The van der Waals surface area contributed by atoms with Gasteiger partial charge < -0.3 is 9.26 Å². The summed E-state index contributed by atoms with van der Waals surface area (Å²) in [7, 11) is 0. The van der Waals surface area contributed by atoms with Gasteiger partial charge in [-0.25, -0.2) is 4.98 Å². The van der Waals surface area contributed by atoms with Crippen LogP contribution in [0.3, 0.4) is 0 Å². The maximum Gasteiger partial charge on any atom is 0.270 e. The van der Waals surface area contributed by atoms with Crippen LogP contribution >= 0.6 is 22.7 Å². The highest BCUT2D eigenvalue weighted by atomic mass is 32.1. The number of hydrogen-bond donors (Lipinski definition) is 0. The third-order valence-corrected chi connectivity index (χ3v) is 7.46. The molecule has 0 bridgehead atoms. The van der Waals surface area contributed by atoms with Crippen LogP contribution in [0.25, 0.3) is 22.7 Å². The zero-order valence-corrected chi connectivity index (χ0v) is 20.4. The minimum atomic E-state index is -0.00943. The van der Waals surface area contributed by atoms with Crippen LogP contribution in [0.5, 0.6) is 0 Å². The highest BCUT2D eigenvalue weighted by molar-refractivity contribution is 7.14. The van der Waals surface area contributed by atoms with Gasteiger partial charge in [0.05, 0.1) is 18.1 Å². The molecule has 1 saturated heterocycles. The summed E-state index contributed by atoms with van der Waals surface area (Å²) in [5.74, 6) is 0.585. The number of carbonyl (C=O) groups excluding carboxylic acids is 1. The lowest BCUT2D eigenvalue weighted by atomic mass is 10.1. The number of thiazole rings is 1. The van der Waals surface area contributed by atoms with Gasteiger partial charge in [0.2, 0.25) is 0 Å². The molecule has 0 unspecified atom stereocenters. The second kappa shape index (κ2) is 11.1. The Morgan fingerprint density at radius 3 is 2.68 bits per heavy atom. The summed E-state index contributed by atoms with van der Waals surface area (Å²) in [5, 5.41) is 8.72. The summed E-state index contributed by atoms with van der Waals surface area (Å²) in [6.07, 6.45) is 1.93. The number of ether oxygens (including phenoxy) is 1. The Kier molecular flexibility index (Phi) is 7.45. The van der Waals surface area contributed by atoms with Gasteiger partial charge in [0.25, 0.3) is 5.91 Å². The first-order valence-electron chi connectivity index (χ1n) is 11.4. The SMILES string of the molecule is O=C(c1cccs1)N(CCCCN1CCOCC1)c1nc(-c2cc(-c3ccccc3)no2)cs1. The second-order valence-corrected chi connectivity index (χ2v) is 9.84. The quantitative estimate of drug-likeness (QED) is 0.295. The lowest BCUT2D eigenvalue weighted by Crippen LogP contribution is -2.37. The molecule has 1 fully saturated rings. The number of nitrogens with zero attached hydrogens (tertiary/aromatic N) is 4. The number of thiophene rings is 1. The van der Waals surface area contributed by atoms with E-state index in [-0.39, 0.29) is 5.91 Å². The van der Waals surface area contributed by atoms with Crippen molar-refractivity contribution in [2.24, 2.45) is 0 Å². The molecule has 7 nitrogen and oxygen atoms in total. The molecule has 1 aliphatic rings. The first-order chi connectivity index (χ1) is 16.8. The van der Waals surface area contributed by atoms with Gasteiger partial charge in [-0.2, -0.15) is 0 Å². The normalized spacial score (nSPS) is 14.4. The molecule has 3 aromatic heterocycles. The van der Waals surface area contributed by atoms with Crippen LogP contribution in [0.15, 0.2) is 63.8 Å². The predicted octanol–water partition coefficient (Wildman–Crippen LogP) is 5.29. The van der Waals surface area contributed by atoms with Crippen molar-refractivity contribution >= 4 is 33.7 Å². The fraction of sp³-hybridized carbons (Fsp3) is 0.320. The number of hydrogen-bond acceptors (Lipinski definition) is 8. The topological polar surface area (TPSA) is 71.7 Å². The first-order valence-corrected chi connectivity index (χ1v) is 13.2. The molecule has 4 aromatic rings. The fourth-order valence-electron chi connectivity index (χ4n) is 3.89. The molecule has 4 heterocycles. The van der Waals surface area contributed by atoms with Crippen molar-refractivity contribution in [3.8, 4) is 22.7 Å². The molecule has 0 spiro atoms. The van der Waals surface area contributed by atoms with E-state index in [1.807, 2.05) is 59.3 Å². The van der Waals surface area contributed by atoms with Gasteiger partial charge in [-0.3, -0.25) is 14.6 Å². The third-order valence-electron chi connectivity index (χ3n) is 5.74. The van der Waals surface area contributed by atoms with Crippen molar-refractivity contribution in [3.05, 3.63) is 64.2 Å². The molecule has 1 amide bonds. The van der Waals surface area contributed by atoms with Gasteiger partial charge in [-0.15, -0.1) is 22.7 Å². The summed E-state index contributed by atoms with van der Waals surface area (Å²) >= 11 is 2.91. The Morgan fingerprint density at radius 2 is 1.88 bits per heavy atom. The molecule has 1 aliphatic heterocycles. The van der Waals surface area contributed by atoms with E-state index >= 15 is 0 Å². The van der Waals surface area contributed by atoms with Crippen LogP contribution in [0.1, 0.15) is 22.5 Å². The van der Waals surface area contributed by atoms with Crippen molar-refractivity contribution < 1.29 is 14.1 Å². The second-order valence-electron chi connectivity index (χ2n) is 8.05. The van der Waals surface area contributed by atoms with E-state index in [2.05, 4.69) is 10.1 Å². The summed E-state index contributed by atoms with van der Waals surface area (Å²) in [6, 6.07) is 15.6. The summed E-state index contributed by atoms with van der Waals surface area (Å²) in [6.45, 7) is 5.22. The van der Waals surface area contributed by atoms with E-state index in [1.54, 1.807) is 4.90 Å². The summed E-state index contributed by atoms with van der Waals surface area (Å²) in [5.41, 5.74) is 2.44. The maximum absolute atomic E-state index is 13.3. The Morgan fingerprint density at radius 1 is 1.03 bits per heavy atom. The van der Waals surface area contributed by atoms with Crippen LogP contribution in [0, 0.1) is 0 Å². The maximum atomic E-state index is 13.3. The lowest BCUT2D eigenvalue weighted by Gasteiger charge is -2.27. The average Bonchev–Trinajstić information content (AvgIpc) is 3.67. The first kappa shape index (κ1) is 22.9. The number of unbranched alkanes of at least 4 members (excludes halogenated alkanes) is 1. The van der Waals surface area contributed by atoms with Crippen molar-refractivity contribution in [1.82, 2.24) is 15.0 Å². The minimum Gasteiger partial charge on any atom is -0.379 e. The Hall–Kier alpha value is -2.85. The Balaban J connectivity index is 1.29. The lowest BCUT2D eigenvalue weighted by molar-refractivity contribution is 0.0372. The molecule has 0 N–H and O–H groups in total. The number of amides is 1. The van der Waals surface area contributed by atoms with Gasteiger partial charge >= 0.3 is 0 Å². The number of anilines is 1. The third kappa shape index (κ3) is 5.44. The zero-order valence-electron chi connectivity index (χ0n) is 18.8. The van der Waals surface area contributed by atoms with Crippen molar-refractivity contribution in [1.29, 1.82) is 0 Å². The van der Waals surface area contributed by atoms with Gasteiger partial charge in [0, 0.05) is 36.6 Å². The Labute approximate surface area is 206 Å². The number of carbonyl (C=O) groups is 1. The standard InChI is InChI=1S/C25H26N4O3S2/c30-24(23-9-6-16-33-23)29(11-5-4-10-28-12-14-31-15-13-28)25-26-21(18-34-25)22-17-20(27-32-22)19-7-2-1-3-8-19/h1-3,6-9,16-18H,4-5,10-15H2. The summed E-state index contributed by atoms with van der Waals surface area (Å²) < 4.78 is 11.0. The van der Waals surface area contributed by atoms with Crippen molar-refractivity contribution in [3.63, 3.8) is 0 Å². The molecular weight excluding hydrogens is 468 g/mol. The largest absolute Gasteiger partial charge is 0.379 e. The smallest absolute Gasteiger partial charge is 0.270 e. The zero-order chi connectivity index (χ0) is 23.2. The molecule has 1 aromatic carbocycles. The average molecular weight is 495 g/mol. The fourth-order valence-corrected chi connectivity index (χ4v) is 5.40. The van der Waals surface area contributed by atoms with E-state index in [1.165, 1.54) is 22.7 Å². The number of rotatable bonds is 9. The number of morpholine rings is 1. The van der Waals surface area contributed by atoms with E-state index in [9.17, 15) is 4.79 Å². The van der Waals surface area contributed by atoms with E-state index in [0.717, 1.165) is 61.8 Å². The molecule has 9 heteroatoms. The van der Waals surface area contributed by atoms with Crippen LogP contribution in [0.2, 0.25) is 0 Å².